The lowest BCUT2D eigenvalue weighted by Crippen LogP contribution is -2.38. The number of rotatable bonds is 4. The Bertz CT molecular complexity index is 355. The minimum absolute atomic E-state index is 0.0979. The molecule has 1 aromatic carbocycles. The Balaban J connectivity index is 2.62. The van der Waals surface area contributed by atoms with Gasteiger partial charge >= 0.3 is 6.03 Å². The van der Waals surface area contributed by atoms with E-state index in [1.54, 1.807) is 25.1 Å². The minimum atomic E-state index is -0.369. The second-order valence-electron chi connectivity index (χ2n) is 3.38. The molecule has 88 valence electrons. The SMILES string of the molecule is COc1ccccc1NC(=O)NC(C)CO. The van der Waals surface area contributed by atoms with Gasteiger partial charge in [0.25, 0.3) is 0 Å². The van der Waals surface area contributed by atoms with E-state index >= 15 is 0 Å². The van der Waals surface area contributed by atoms with Crippen LogP contribution in [-0.2, 0) is 0 Å². The summed E-state index contributed by atoms with van der Waals surface area (Å²) in [5.74, 6) is 0.592. The first kappa shape index (κ1) is 12.3. The number of carbonyl (C=O) groups excluding carboxylic acids is 1. The Morgan fingerprint density at radius 3 is 2.81 bits per heavy atom. The molecule has 0 spiro atoms. The molecule has 0 aliphatic carbocycles. The van der Waals surface area contributed by atoms with Crippen molar-refractivity contribution in [3.63, 3.8) is 0 Å². The van der Waals surface area contributed by atoms with Gasteiger partial charge in [-0.1, -0.05) is 12.1 Å². The zero-order valence-corrected chi connectivity index (χ0v) is 9.36. The van der Waals surface area contributed by atoms with Gasteiger partial charge in [-0.2, -0.15) is 0 Å². The second-order valence-corrected chi connectivity index (χ2v) is 3.38. The van der Waals surface area contributed by atoms with Crippen molar-refractivity contribution in [3.05, 3.63) is 24.3 Å². The third-order valence-corrected chi connectivity index (χ3v) is 2.01. The van der Waals surface area contributed by atoms with Crippen molar-refractivity contribution < 1.29 is 14.6 Å². The molecule has 0 aliphatic rings. The van der Waals surface area contributed by atoms with Gasteiger partial charge in [0.15, 0.2) is 0 Å². The monoisotopic (exact) mass is 224 g/mol. The molecule has 0 saturated heterocycles. The number of ether oxygens (including phenoxy) is 1. The lowest BCUT2D eigenvalue weighted by molar-refractivity contribution is 0.229. The zero-order valence-electron chi connectivity index (χ0n) is 9.36. The summed E-state index contributed by atoms with van der Waals surface area (Å²) in [5.41, 5.74) is 0.590. The predicted molar refractivity (Wildman–Crippen MR) is 61.7 cm³/mol. The molecule has 0 aliphatic heterocycles. The van der Waals surface area contributed by atoms with Crippen LogP contribution >= 0.6 is 0 Å². The molecule has 0 fully saturated rings. The Kier molecular flexibility index (Phi) is 4.60. The molecule has 0 bridgehead atoms. The number of para-hydroxylation sites is 2. The third kappa shape index (κ3) is 3.43. The molecule has 0 saturated carbocycles. The molecule has 1 unspecified atom stereocenters. The van der Waals surface area contributed by atoms with Gasteiger partial charge in [-0.05, 0) is 19.1 Å². The second kappa shape index (κ2) is 5.97. The maximum atomic E-state index is 11.5. The van der Waals surface area contributed by atoms with Crippen LogP contribution in [-0.4, -0.2) is 30.9 Å². The number of anilines is 1. The van der Waals surface area contributed by atoms with E-state index in [2.05, 4.69) is 10.6 Å². The third-order valence-electron chi connectivity index (χ3n) is 2.01. The summed E-state index contributed by atoms with van der Waals surface area (Å²) in [6.45, 7) is 1.61. The van der Waals surface area contributed by atoms with Crippen LogP contribution in [0.4, 0.5) is 10.5 Å². The van der Waals surface area contributed by atoms with E-state index in [0.29, 0.717) is 11.4 Å². The molecule has 1 rings (SSSR count). The van der Waals surface area contributed by atoms with Gasteiger partial charge in [0.05, 0.1) is 25.4 Å². The van der Waals surface area contributed by atoms with Crippen LogP contribution in [0.1, 0.15) is 6.92 Å². The first-order valence-electron chi connectivity index (χ1n) is 4.98. The number of aliphatic hydroxyl groups excluding tert-OH is 1. The highest BCUT2D eigenvalue weighted by molar-refractivity contribution is 5.91. The average Bonchev–Trinajstić information content (AvgIpc) is 2.29. The van der Waals surface area contributed by atoms with E-state index in [0.717, 1.165) is 0 Å². The number of aliphatic hydroxyl groups is 1. The number of hydrogen-bond acceptors (Lipinski definition) is 3. The van der Waals surface area contributed by atoms with Crippen LogP contribution in [0.3, 0.4) is 0 Å². The van der Waals surface area contributed by atoms with Gasteiger partial charge in [0.2, 0.25) is 0 Å². The van der Waals surface area contributed by atoms with Crippen LogP contribution in [0.2, 0.25) is 0 Å². The Hall–Kier alpha value is -1.75. The van der Waals surface area contributed by atoms with Crippen molar-refractivity contribution >= 4 is 11.7 Å². The molecule has 5 heteroatoms. The van der Waals surface area contributed by atoms with Crippen LogP contribution in [0.15, 0.2) is 24.3 Å². The van der Waals surface area contributed by atoms with Gasteiger partial charge in [0.1, 0.15) is 5.75 Å². The summed E-state index contributed by atoms with van der Waals surface area (Å²) in [6, 6.07) is 6.46. The van der Waals surface area contributed by atoms with Crippen LogP contribution < -0.4 is 15.4 Å². The zero-order chi connectivity index (χ0) is 12.0. The number of benzene rings is 1. The first-order chi connectivity index (χ1) is 7.67. The fourth-order valence-electron chi connectivity index (χ4n) is 1.18. The Morgan fingerprint density at radius 1 is 1.50 bits per heavy atom. The fraction of sp³-hybridized carbons (Fsp3) is 0.364. The van der Waals surface area contributed by atoms with E-state index < -0.39 is 0 Å². The number of carbonyl (C=O) groups is 1. The average molecular weight is 224 g/mol. The van der Waals surface area contributed by atoms with Crippen LogP contribution in [0, 0.1) is 0 Å². The summed E-state index contributed by atoms with van der Waals surface area (Å²) >= 11 is 0. The van der Waals surface area contributed by atoms with E-state index in [1.807, 2.05) is 6.07 Å². The predicted octanol–water partition coefficient (Wildman–Crippen LogP) is 1.20. The molecular formula is C11H16N2O3. The summed E-state index contributed by atoms with van der Waals surface area (Å²) < 4.78 is 5.09. The summed E-state index contributed by atoms with van der Waals surface area (Å²) in [7, 11) is 1.54. The highest BCUT2D eigenvalue weighted by Crippen LogP contribution is 2.22. The smallest absolute Gasteiger partial charge is 0.319 e. The Labute approximate surface area is 94.4 Å². The number of amides is 2. The summed E-state index contributed by atoms with van der Waals surface area (Å²) in [4.78, 5) is 11.5. The quantitative estimate of drug-likeness (QED) is 0.719. The summed E-state index contributed by atoms with van der Waals surface area (Å²) in [6.07, 6.45) is 0. The molecule has 3 N–H and O–H groups in total. The maximum absolute atomic E-state index is 11.5. The minimum Gasteiger partial charge on any atom is -0.495 e. The molecule has 5 nitrogen and oxygen atoms in total. The molecular weight excluding hydrogens is 208 g/mol. The van der Waals surface area contributed by atoms with Gasteiger partial charge in [-0.3, -0.25) is 0 Å². The highest BCUT2D eigenvalue weighted by Gasteiger charge is 2.08. The molecule has 0 aromatic heterocycles. The molecule has 2 amide bonds. The topological polar surface area (TPSA) is 70.6 Å². The maximum Gasteiger partial charge on any atom is 0.319 e. The lowest BCUT2D eigenvalue weighted by atomic mass is 10.3. The van der Waals surface area contributed by atoms with Gasteiger partial charge in [0, 0.05) is 0 Å². The molecule has 0 radical (unpaired) electrons. The molecule has 1 aromatic rings. The first-order valence-corrected chi connectivity index (χ1v) is 4.98. The van der Waals surface area contributed by atoms with Crippen molar-refractivity contribution in [3.8, 4) is 5.75 Å². The van der Waals surface area contributed by atoms with Crippen molar-refractivity contribution in [1.82, 2.24) is 5.32 Å². The normalized spacial score (nSPS) is 11.7. The number of nitrogens with one attached hydrogen (secondary N) is 2. The van der Waals surface area contributed by atoms with E-state index in [4.69, 9.17) is 9.84 Å². The number of hydrogen-bond donors (Lipinski definition) is 3. The summed E-state index contributed by atoms with van der Waals surface area (Å²) in [5, 5.41) is 14.0. The van der Waals surface area contributed by atoms with Crippen LogP contribution in [0.25, 0.3) is 0 Å². The molecule has 1 atom stereocenters. The van der Waals surface area contributed by atoms with E-state index in [9.17, 15) is 4.79 Å². The number of methoxy groups -OCH3 is 1. The van der Waals surface area contributed by atoms with Crippen molar-refractivity contribution in [2.75, 3.05) is 19.0 Å². The highest BCUT2D eigenvalue weighted by atomic mass is 16.5. The molecule has 16 heavy (non-hydrogen) atoms. The Morgan fingerprint density at radius 2 is 2.19 bits per heavy atom. The lowest BCUT2D eigenvalue weighted by Gasteiger charge is -2.13. The fourth-order valence-corrected chi connectivity index (χ4v) is 1.18. The van der Waals surface area contributed by atoms with Crippen molar-refractivity contribution in [2.24, 2.45) is 0 Å². The number of urea groups is 1. The van der Waals surface area contributed by atoms with Gasteiger partial charge < -0.3 is 20.5 Å². The van der Waals surface area contributed by atoms with Gasteiger partial charge in [-0.25, -0.2) is 4.79 Å². The standard InChI is InChI=1S/C11H16N2O3/c1-8(7-14)12-11(15)13-9-5-3-4-6-10(9)16-2/h3-6,8,14H,7H2,1-2H3,(H2,12,13,15). The van der Waals surface area contributed by atoms with Crippen LogP contribution in [0.5, 0.6) is 5.75 Å². The van der Waals surface area contributed by atoms with Crippen molar-refractivity contribution in [1.29, 1.82) is 0 Å². The van der Waals surface area contributed by atoms with E-state index in [-0.39, 0.29) is 18.7 Å². The van der Waals surface area contributed by atoms with Gasteiger partial charge in [-0.15, -0.1) is 0 Å². The largest absolute Gasteiger partial charge is 0.495 e. The van der Waals surface area contributed by atoms with Crippen molar-refractivity contribution in [2.45, 2.75) is 13.0 Å². The van der Waals surface area contributed by atoms with E-state index in [1.165, 1.54) is 7.11 Å². The molecule has 0 heterocycles.